The van der Waals surface area contributed by atoms with Gasteiger partial charge in [0.1, 0.15) is 11.8 Å². The number of nitrogen functional groups attached to an aromatic ring is 1. The third kappa shape index (κ3) is 6.28. The van der Waals surface area contributed by atoms with Crippen molar-refractivity contribution in [1.29, 1.82) is 0 Å². The average Bonchev–Trinajstić information content (AvgIpc) is 3.44. The number of nitrogens with two attached hydrogens (primary N) is 1. The van der Waals surface area contributed by atoms with Crippen LogP contribution in [0.2, 0.25) is 0 Å². The van der Waals surface area contributed by atoms with E-state index in [9.17, 15) is 4.79 Å². The highest BCUT2D eigenvalue weighted by Crippen LogP contribution is 2.36. The molecule has 1 saturated carbocycles. The van der Waals surface area contributed by atoms with Gasteiger partial charge in [0.2, 0.25) is 0 Å². The van der Waals surface area contributed by atoms with E-state index < -0.39 is 0 Å². The molecule has 1 aromatic carbocycles. The molecule has 1 unspecified atom stereocenters. The van der Waals surface area contributed by atoms with Crippen molar-refractivity contribution in [1.82, 2.24) is 29.7 Å². The molecule has 9 heteroatoms. The summed E-state index contributed by atoms with van der Waals surface area (Å²) in [6.07, 6.45) is 7.67. The molecular weight excluding hydrogens is 440 g/mol. The summed E-state index contributed by atoms with van der Waals surface area (Å²) in [5.41, 5.74) is 9.60. The lowest BCUT2D eigenvalue weighted by atomic mass is 9.87. The zero-order valence-corrected chi connectivity index (χ0v) is 21.3. The first-order valence-electron chi connectivity index (χ1n) is 12.5. The van der Waals surface area contributed by atoms with Crippen LogP contribution in [-0.2, 0) is 5.41 Å². The maximum Gasteiger partial charge on any atom is 0.319 e. The number of carbonyl (C=O) groups excluding carboxylic acids is 1. The molecule has 0 radical (unpaired) electrons. The summed E-state index contributed by atoms with van der Waals surface area (Å²) in [7, 11) is 2.16. The van der Waals surface area contributed by atoms with Gasteiger partial charge in [-0.3, -0.25) is 0 Å². The highest BCUT2D eigenvalue weighted by molar-refractivity contribution is 5.89. The van der Waals surface area contributed by atoms with E-state index in [1.165, 1.54) is 18.3 Å². The molecule has 0 spiro atoms. The van der Waals surface area contributed by atoms with Gasteiger partial charge in [-0.25, -0.2) is 19.7 Å². The predicted octanol–water partition coefficient (Wildman–Crippen LogP) is 4.19. The Morgan fingerprint density at radius 3 is 2.69 bits per heavy atom. The van der Waals surface area contributed by atoms with Gasteiger partial charge in [0, 0.05) is 24.8 Å². The van der Waals surface area contributed by atoms with Gasteiger partial charge in [0.05, 0.1) is 6.33 Å². The summed E-state index contributed by atoms with van der Waals surface area (Å²) >= 11 is 0. The van der Waals surface area contributed by atoms with Crippen LogP contribution in [0.1, 0.15) is 58.1 Å². The van der Waals surface area contributed by atoms with Gasteiger partial charge in [-0.2, -0.15) is 0 Å². The number of fused-ring (bicyclic) bond motifs is 1. The van der Waals surface area contributed by atoms with Crippen molar-refractivity contribution in [2.45, 2.75) is 57.9 Å². The maximum atomic E-state index is 12.2. The van der Waals surface area contributed by atoms with Crippen LogP contribution in [0.15, 0.2) is 36.9 Å². The molecule has 2 amide bonds. The molecule has 4 rings (SSSR count). The highest BCUT2D eigenvalue weighted by atomic mass is 16.2. The van der Waals surface area contributed by atoms with Crippen LogP contribution in [0.3, 0.4) is 0 Å². The zero-order valence-electron chi connectivity index (χ0n) is 21.3. The second-order valence-corrected chi connectivity index (χ2v) is 10.7. The van der Waals surface area contributed by atoms with E-state index in [0.717, 1.165) is 43.7 Å². The number of carbonyl (C=O) groups is 1. The van der Waals surface area contributed by atoms with Crippen molar-refractivity contribution in [3.63, 3.8) is 0 Å². The topological polar surface area (TPSA) is 114 Å². The first-order valence-corrected chi connectivity index (χ1v) is 12.5. The van der Waals surface area contributed by atoms with E-state index in [1.807, 2.05) is 18.5 Å². The van der Waals surface area contributed by atoms with Crippen LogP contribution in [-0.4, -0.2) is 57.1 Å². The van der Waals surface area contributed by atoms with E-state index in [2.05, 4.69) is 75.0 Å². The summed E-state index contributed by atoms with van der Waals surface area (Å²) in [4.78, 5) is 27.4. The SMILES string of the molecule is CN(CCCNC(=O)Nc1ccc(C(C)(C)C)cc1)CC1CC[C@H](n2cnc3c(N)ncnc32)C1. The van der Waals surface area contributed by atoms with Crippen LogP contribution >= 0.6 is 0 Å². The summed E-state index contributed by atoms with van der Waals surface area (Å²) in [5, 5.41) is 5.88. The average molecular weight is 479 g/mol. The summed E-state index contributed by atoms with van der Waals surface area (Å²) < 4.78 is 2.16. The molecule has 1 aliphatic rings. The largest absolute Gasteiger partial charge is 0.382 e. The van der Waals surface area contributed by atoms with E-state index in [-0.39, 0.29) is 11.4 Å². The van der Waals surface area contributed by atoms with Gasteiger partial charge < -0.3 is 25.8 Å². The molecule has 0 bridgehead atoms. The molecule has 3 aromatic rings. The number of nitrogens with one attached hydrogen (secondary N) is 2. The molecule has 2 heterocycles. The summed E-state index contributed by atoms with van der Waals surface area (Å²) in [5.74, 6) is 1.07. The molecule has 188 valence electrons. The fraction of sp³-hybridized carbons (Fsp3) is 0.538. The maximum absolute atomic E-state index is 12.2. The Balaban J connectivity index is 1.15. The van der Waals surface area contributed by atoms with Crippen molar-refractivity contribution in [3.8, 4) is 0 Å². The van der Waals surface area contributed by atoms with Crippen LogP contribution in [0.5, 0.6) is 0 Å². The molecule has 35 heavy (non-hydrogen) atoms. The highest BCUT2D eigenvalue weighted by Gasteiger charge is 2.28. The molecule has 2 aromatic heterocycles. The molecule has 0 saturated heterocycles. The molecule has 4 N–H and O–H groups in total. The van der Waals surface area contributed by atoms with Crippen LogP contribution < -0.4 is 16.4 Å². The van der Waals surface area contributed by atoms with E-state index >= 15 is 0 Å². The molecule has 1 aliphatic carbocycles. The fourth-order valence-corrected chi connectivity index (χ4v) is 4.92. The number of hydrogen-bond donors (Lipinski definition) is 3. The number of amides is 2. The lowest BCUT2D eigenvalue weighted by Crippen LogP contribution is -2.32. The Kier molecular flexibility index (Phi) is 7.54. The van der Waals surface area contributed by atoms with Gasteiger partial charge in [0.15, 0.2) is 11.5 Å². The van der Waals surface area contributed by atoms with Crippen molar-refractivity contribution >= 4 is 28.7 Å². The number of hydrogen-bond acceptors (Lipinski definition) is 6. The van der Waals surface area contributed by atoms with Gasteiger partial charge in [-0.05, 0) is 68.3 Å². The van der Waals surface area contributed by atoms with Crippen molar-refractivity contribution in [2.75, 3.05) is 37.7 Å². The summed E-state index contributed by atoms with van der Waals surface area (Å²) in [6.45, 7) is 9.17. The monoisotopic (exact) mass is 478 g/mol. The van der Waals surface area contributed by atoms with E-state index in [4.69, 9.17) is 5.73 Å². The number of imidazole rings is 1. The van der Waals surface area contributed by atoms with Crippen LogP contribution in [0, 0.1) is 5.92 Å². The Bertz CT molecular complexity index is 1130. The molecule has 9 nitrogen and oxygen atoms in total. The minimum absolute atomic E-state index is 0.101. The molecule has 0 aliphatic heterocycles. The quantitative estimate of drug-likeness (QED) is 0.418. The first-order chi connectivity index (χ1) is 16.7. The number of urea groups is 1. The number of aromatic nitrogens is 4. The lowest BCUT2D eigenvalue weighted by molar-refractivity contribution is 0.248. The van der Waals surface area contributed by atoms with Crippen molar-refractivity contribution < 1.29 is 4.79 Å². The molecule has 2 atom stereocenters. The van der Waals surface area contributed by atoms with Gasteiger partial charge >= 0.3 is 6.03 Å². The van der Waals surface area contributed by atoms with E-state index in [1.54, 1.807) is 0 Å². The van der Waals surface area contributed by atoms with Gasteiger partial charge in [0.25, 0.3) is 0 Å². The second-order valence-electron chi connectivity index (χ2n) is 10.7. The fourth-order valence-electron chi connectivity index (χ4n) is 4.92. The van der Waals surface area contributed by atoms with Gasteiger partial charge in [-0.1, -0.05) is 32.9 Å². The minimum Gasteiger partial charge on any atom is -0.382 e. The Morgan fingerprint density at radius 2 is 1.94 bits per heavy atom. The second kappa shape index (κ2) is 10.6. The van der Waals surface area contributed by atoms with Crippen LogP contribution in [0.25, 0.3) is 11.2 Å². The van der Waals surface area contributed by atoms with Crippen molar-refractivity contribution in [2.24, 2.45) is 5.92 Å². The lowest BCUT2D eigenvalue weighted by Gasteiger charge is -2.21. The van der Waals surface area contributed by atoms with Crippen LogP contribution in [0.4, 0.5) is 16.3 Å². The van der Waals surface area contributed by atoms with Crippen molar-refractivity contribution in [3.05, 3.63) is 42.5 Å². The third-order valence-corrected chi connectivity index (χ3v) is 6.87. The number of rotatable bonds is 8. The number of nitrogens with zero attached hydrogens (tertiary/aromatic N) is 5. The zero-order chi connectivity index (χ0) is 25.0. The molecule has 1 fully saturated rings. The molecular formula is C26H38N8O. The number of anilines is 2. The summed E-state index contributed by atoms with van der Waals surface area (Å²) in [6, 6.07) is 8.28. The normalized spacial score (nSPS) is 18.3. The Hall–Kier alpha value is -3.20. The van der Waals surface area contributed by atoms with Gasteiger partial charge in [-0.15, -0.1) is 0 Å². The van der Waals surface area contributed by atoms with E-state index in [0.29, 0.717) is 29.8 Å². The first kappa shape index (κ1) is 24.9. The predicted molar refractivity (Wildman–Crippen MR) is 140 cm³/mol. The minimum atomic E-state index is -0.160. The Morgan fingerprint density at radius 1 is 1.17 bits per heavy atom. The standard InChI is InChI=1S/C26H38N8O/c1-26(2,3)19-7-9-20(10-8-19)32-25(35)28-12-5-13-33(4)15-18-6-11-21(14-18)34-17-31-22-23(27)29-16-30-24(22)34/h7-10,16-18,21H,5-6,11-15H2,1-4H3,(H2,27,29,30)(H2,28,32,35)/t18?,21-/m0/s1. The number of benzene rings is 1. The third-order valence-electron chi connectivity index (χ3n) is 6.87. The smallest absolute Gasteiger partial charge is 0.319 e. The Labute approximate surface area is 207 Å².